The van der Waals surface area contributed by atoms with Crippen molar-refractivity contribution in [3.05, 3.63) is 0 Å². The van der Waals surface area contributed by atoms with Crippen molar-refractivity contribution in [3.8, 4) is 0 Å². The molecule has 5 nitrogen and oxygen atoms in total. The van der Waals surface area contributed by atoms with E-state index in [2.05, 4.69) is 27.7 Å². The maximum absolute atomic E-state index is 13.2. The van der Waals surface area contributed by atoms with E-state index in [1.54, 1.807) is 4.90 Å². The van der Waals surface area contributed by atoms with Gasteiger partial charge in [-0.05, 0) is 25.7 Å². The normalized spacial score (nSPS) is 11.7. The van der Waals surface area contributed by atoms with Crippen molar-refractivity contribution in [1.29, 1.82) is 0 Å². The molecule has 0 saturated carbocycles. The van der Waals surface area contributed by atoms with Gasteiger partial charge >= 0.3 is 13.2 Å². The van der Waals surface area contributed by atoms with E-state index in [9.17, 15) is 9.36 Å². The molecule has 6 heteroatoms. The van der Waals surface area contributed by atoms with Crippen LogP contribution < -0.4 is 0 Å². The van der Waals surface area contributed by atoms with Crippen LogP contribution in [0.2, 0.25) is 0 Å². The zero-order chi connectivity index (χ0) is 19.0. The highest BCUT2D eigenvalue weighted by atomic mass is 31.2. The highest BCUT2D eigenvalue weighted by Crippen LogP contribution is 2.51. The molecule has 150 valence electrons. The summed E-state index contributed by atoms with van der Waals surface area (Å²) < 4.78 is 24.3. The standard InChI is InChI=1S/C19H40NO4P/c1-5-9-13-17-23-25(22,24-18-14-10-6-2)19(21)20(15-11-7-3)16-12-8-4/h5-18H2,1-4H3. The molecule has 0 N–H and O–H groups in total. The fourth-order valence-corrected chi connectivity index (χ4v) is 3.98. The Balaban J connectivity index is 4.93. The van der Waals surface area contributed by atoms with E-state index in [4.69, 9.17) is 9.05 Å². The van der Waals surface area contributed by atoms with Gasteiger partial charge in [0.2, 0.25) is 0 Å². The quantitative estimate of drug-likeness (QED) is 0.211. The summed E-state index contributed by atoms with van der Waals surface area (Å²) in [5.41, 5.74) is -0.442. The average molecular weight is 378 g/mol. The molecule has 25 heavy (non-hydrogen) atoms. The molecule has 0 radical (unpaired) electrons. The summed E-state index contributed by atoms with van der Waals surface area (Å²) in [6.07, 6.45) is 9.51. The predicted molar refractivity (Wildman–Crippen MR) is 105 cm³/mol. The Morgan fingerprint density at radius 3 is 1.48 bits per heavy atom. The van der Waals surface area contributed by atoms with Crippen LogP contribution in [0.4, 0.5) is 4.79 Å². The van der Waals surface area contributed by atoms with Crippen molar-refractivity contribution >= 4 is 13.2 Å². The van der Waals surface area contributed by atoms with Gasteiger partial charge in [-0.1, -0.05) is 66.2 Å². The average Bonchev–Trinajstić information content (AvgIpc) is 2.62. The second-order valence-corrected chi connectivity index (χ2v) is 8.45. The minimum Gasteiger partial charge on any atom is -0.332 e. The fourth-order valence-electron chi connectivity index (χ4n) is 2.40. The third-order valence-electron chi connectivity index (χ3n) is 4.09. The molecular weight excluding hydrogens is 337 g/mol. The zero-order valence-corrected chi connectivity index (χ0v) is 17.8. The van der Waals surface area contributed by atoms with Crippen molar-refractivity contribution in [1.82, 2.24) is 4.90 Å². The van der Waals surface area contributed by atoms with Gasteiger partial charge in [0.1, 0.15) is 0 Å². The topological polar surface area (TPSA) is 55.8 Å². The maximum atomic E-state index is 13.2. The summed E-state index contributed by atoms with van der Waals surface area (Å²) >= 11 is 0. The second-order valence-electron chi connectivity index (χ2n) is 6.55. The molecule has 0 bridgehead atoms. The molecule has 0 heterocycles. The molecule has 0 rings (SSSR count). The van der Waals surface area contributed by atoms with Crippen LogP contribution in [-0.4, -0.2) is 36.9 Å². The van der Waals surface area contributed by atoms with Crippen LogP contribution in [-0.2, 0) is 13.6 Å². The minimum absolute atomic E-state index is 0.319. The van der Waals surface area contributed by atoms with Gasteiger partial charge in [-0.15, -0.1) is 0 Å². The lowest BCUT2D eigenvalue weighted by Crippen LogP contribution is -2.32. The number of carbonyl (C=O) groups excluding carboxylic acids is 1. The molecule has 0 aromatic rings. The molecule has 1 amide bonds. The van der Waals surface area contributed by atoms with Crippen molar-refractivity contribution in [2.45, 2.75) is 91.9 Å². The number of hydrogen-bond donors (Lipinski definition) is 0. The Morgan fingerprint density at radius 2 is 1.12 bits per heavy atom. The van der Waals surface area contributed by atoms with Crippen molar-refractivity contribution in [2.75, 3.05) is 26.3 Å². The number of rotatable bonds is 17. The molecule has 0 spiro atoms. The molecule has 0 aliphatic rings. The minimum atomic E-state index is -3.74. The SMILES string of the molecule is CCCCCOP(=O)(OCCCCC)C(=O)N(CCCC)CCCC. The second kappa shape index (κ2) is 15.8. The van der Waals surface area contributed by atoms with Gasteiger partial charge in [0.25, 0.3) is 0 Å². The van der Waals surface area contributed by atoms with E-state index >= 15 is 0 Å². The van der Waals surface area contributed by atoms with Gasteiger partial charge in [-0.3, -0.25) is 4.79 Å². The molecule has 0 aromatic heterocycles. The van der Waals surface area contributed by atoms with Crippen LogP contribution in [0.3, 0.4) is 0 Å². The van der Waals surface area contributed by atoms with Crippen LogP contribution in [0.15, 0.2) is 0 Å². The van der Waals surface area contributed by atoms with Gasteiger partial charge in [0.15, 0.2) is 0 Å². The van der Waals surface area contributed by atoms with Crippen LogP contribution in [0.5, 0.6) is 0 Å². The van der Waals surface area contributed by atoms with Gasteiger partial charge in [0, 0.05) is 13.1 Å². The third-order valence-corrected chi connectivity index (χ3v) is 5.88. The van der Waals surface area contributed by atoms with Gasteiger partial charge in [-0.25, -0.2) is 4.57 Å². The Labute approximate surface area is 155 Å². The number of unbranched alkanes of at least 4 members (excludes halogenated alkanes) is 6. The maximum Gasteiger partial charge on any atom is 0.418 e. The molecule has 0 fully saturated rings. The number of carbonyl (C=O) groups is 1. The van der Waals surface area contributed by atoms with E-state index in [0.29, 0.717) is 26.3 Å². The first-order valence-electron chi connectivity index (χ1n) is 10.2. The number of hydrogen-bond acceptors (Lipinski definition) is 4. The molecular formula is C19H40NO4P. The molecule has 0 aromatic carbocycles. The lowest BCUT2D eigenvalue weighted by molar-refractivity contribution is 0.174. The van der Waals surface area contributed by atoms with Crippen molar-refractivity contribution in [3.63, 3.8) is 0 Å². The van der Waals surface area contributed by atoms with Crippen LogP contribution in [0.1, 0.15) is 91.9 Å². The predicted octanol–water partition coefficient (Wildman–Crippen LogP) is 6.62. The summed E-state index contributed by atoms with van der Waals surface area (Å²) in [7, 11) is -3.74. The monoisotopic (exact) mass is 377 g/mol. The highest BCUT2D eigenvalue weighted by Gasteiger charge is 2.38. The summed E-state index contributed by atoms with van der Waals surface area (Å²) in [5.74, 6) is 0. The Bertz CT molecular complexity index is 352. The Kier molecular flexibility index (Phi) is 15.6. The molecule has 0 atom stereocenters. The summed E-state index contributed by atoms with van der Waals surface area (Å²) in [5, 5.41) is 0. The first-order chi connectivity index (χ1) is 12.1. The zero-order valence-electron chi connectivity index (χ0n) is 16.9. The lowest BCUT2D eigenvalue weighted by Gasteiger charge is -2.26. The van der Waals surface area contributed by atoms with Gasteiger partial charge in [-0.2, -0.15) is 0 Å². The first kappa shape index (κ1) is 24.6. The number of nitrogens with zero attached hydrogens (tertiary/aromatic N) is 1. The van der Waals surface area contributed by atoms with E-state index in [0.717, 1.165) is 64.2 Å². The largest absolute Gasteiger partial charge is 0.418 e. The van der Waals surface area contributed by atoms with E-state index < -0.39 is 13.2 Å². The van der Waals surface area contributed by atoms with Crippen molar-refractivity contribution < 1.29 is 18.4 Å². The Hall–Kier alpha value is -0.380. The molecule has 0 aliphatic heterocycles. The van der Waals surface area contributed by atoms with Gasteiger partial charge in [0.05, 0.1) is 13.2 Å². The van der Waals surface area contributed by atoms with Crippen molar-refractivity contribution in [2.24, 2.45) is 0 Å². The summed E-state index contributed by atoms with van der Waals surface area (Å²) in [4.78, 5) is 14.6. The lowest BCUT2D eigenvalue weighted by atomic mass is 10.3. The summed E-state index contributed by atoms with van der Waals surface area (Å²) in [6.45, 7) is 10.3. The van der Waals surface area contributed by atoms with Crippen LogP contribution in [0, 0.1) is 0 Å². The smallest absolute Gasteiger partial charge is 0.332 e. The van der Waals surface area contributed by atoms with E-state index in [1.807, 2.05) is 0 Å². The fraction of sp³-hybridized carbons (Fsp3) is 0.947. The molecule has 0 aliphatic carbocycles. The highest BCUT2D eigenvalue weighted by molar-refractivity contribution is 7.71. The number of amides is 1. The van der Waals surface area contributed by atoms with E-state index in [1.165, 1.54) is 0 Å². The molecule has 0 unspecified atom stereocenters. The van der Waals surface area contributed by atoms with Gasteiger partial charge < -0.3 is 13.9 Å². The van der Waals surface area contributed by atoms with Crippen LogP contribution in [0.25, 0.3) is 0 Å². The van der Waals surface area contributed by atoms with E-state index in [-0.39, 0.29) is 0 Å². The molecule has 0 saturated heterocycles. The Morgan fingerprint density at radius 1 is 0.720 bits per heavy atom. The summed E-state index contributed by atoms with van der Waals surface area (Å²) in [6, 6.07) is 0. The third kappa shape index (κ3) is 11.0. The van der Waals surface area contributed by atoms with Crippen LogP contribution >= 0.6 is 7.60 Å². The first-order valence-corrected chi connectivity index (χ1v) is 11.8.